The minimum absolute atomic E-state index is 0. The van der Waals surface area contributed by atoms with Crippen LogP contribution in [0.25, 0.3) is 0 Å². The molecule has 2 aliphatic rings. The van der Waals surface area contributed by atoms with Crippen molar-refractivity contribution >= 4 is 28.3 Å². The number of carbonyl (C=O) groups is 1. The summed E-state index contributed by atoms with van der Waals surface area (Å²) in [5, 5.41) is 13.4. The third kappa shape index (κ3) is 4.76. The third-order valence-electron chi connectivity index (χ3n) is 4.75. The first-order chi connectivity index (χ1) is 11.9. The molecule has 10 heteroatoms. The fourth-order valence-corrected chi connectivity index (χ4v) is 5.29. The van der Waals surface area contributed by atoms with Crippen LogP contribution in [0.5, 0.6) is 0 Å². The van der Waals surface area contributed by atoms with E-state index in [-0.39, 0.29) is 36.0 Å². The highest BCUT2D eigenvalue weighted by Crippen LogP contribution is 2.18. The van der Waals surface area contributed by atoms with Gasteiger partial charge in [0.25, 0.3) is 5.91 Å². The molecule has 3 N–H and O–H groups in total. The Bertz CT molecular complexity index is 726. The molecule has 2 aliphatic heterocycles. The first kappa shape index (κ1) is 21.1. The van der Waals surface area contributed by atoms with Crippen LogP contribution in [0.2, 0.25) is 0 Å². The van der Waals surface area contributed by atoms with Crippen LogP contribution in [0, 0.1) is 5.92 Å². The molecule has 1 fully saturated rings. The topological polar surface area (TPSA) is 107 Å². The molecule has 0 radical (unpaired) electrons. The summed E-state index contributed by atoms with van der Waals surface area (Å²) in [6, 6.07) is -0.0121. The lowest BCUT2D eigenvalue weighted by atomic mass is 10.0. The number of aromatic nitrogens is 2. The summed E-state index contributed by atoms with van der Waals surface area (Å²) in [6.07, 6.45) is 2.11. The normalized spacial score (nSPS) is 19.0. The van der Waals surface area contributed by atoms with Gasteiger partial charge in [0.1, 0.15) is 0 Å². The number of carbonyl (C=O) groups excluding carboxylic acids is 1. The number of hydrogen-bond acceptors (Lipinski definition) is 5. The molecule has 0 aromatic carbocycles. The predicted molar refractivity (Wildman–Crippen MR) is 102 cm³/mol. The molecule has 0 saturated carbocycles. The van der Waals surface area contributed by atoms with Crippen molar-refractivity contribution in [2.45, 2.75) is 45.7 Å². The lowest BCUT2D eigenvalue weighted by Crippen LogP contribution is -2.47. The van der Waals surface area contributed by atoms with Crippen molar-refractivity contribution in [3.8, 4) is 0 Å². The number of amides is 1. The highest BCUT2D eigenvalue weighted by molar-refractivity contribution is 7.89. The van der Waals surface area contributed by atoms with Gasteiger partial charge in [0.05, 0.1) is 5.75 Å². The average molecular weight is 406 g/mol. The number of fused-ring (bicyclic) bond motifs is 1. The van der Waals surface area contributed by atoms with Crippen LogP contribution in [0.1, 0.15) is 48.4 Å². The maximum absolute atomic E-state index is 12.5. The molecule has 3 rings (SSSR count). The van der Waals surface area contributed by atoms with Crippen LogP contribution < -0.4 is 10.6 Å². The van der Waals surface area contributed by atoms with Gasteiger partial charge in [-0.25, -0.2) is 12.7 Å². The van der Waals surface area contributed by atoms with Crippen molar-refractivity contribution in [1.82, 2.24) is 25.1 Å². The summed E-state index contributed by atoms with van der Waals surface area (Å²) < 4.78 is 26.1. The Kier molecular flexibility index (Phi) is 7.06. The Labute approximate surface area is 160 Å². The Balaban J connectivity index is 0.00000243. The molecular weight excluding hydrogens is 378 g/mol. The molecule has 0 unspecified atom stereocenters. The molecule has 1 saturated heterocycles. The fourth-order valence-electron chi connectivity index (χ4n) is 3.47. The van der Waals surface area contributed by atoms with E-state index in [0.29, 0.717) is 38.2 Å². The number of sulfonamides is 1. The van der Waals surface area contributed by atoms with Crippen LogP contribution in [0.4, 0.5) is 0 Å². The van der Waals surface area contributed by atoms with Crippen molar-refractivity contribution in [3.63, 3.8) is 0 Å². The summed E-state index contributed by atoms with van der Waals surface area (Å²) in [5.41, 5.74) is 2.43. The quantitative estimate of drug-likeness (QED) is 0.667. The van der Waals surface area contributed by atoms with Crippen molar-refractivity contribution in [3.05, 3.63) is 17.0 Å². The molecule has 148 valence electrons. The predicted octanol–water partition coefficient (Wildman–Crippen LogP) is 0.657. The van der Waals surface area contributed by atoms with Crippen molar-refractivity contribution in [1.29, 1.82) is 0 Å². The van der Waals surface area contributed by atoms with Crippen LogP contribution in [-0.4, -0.2) is 60.3 Å². The minimum Gasteiger partial charge on any atom is -0.348 e. The molecule has 0 aliphatic carbocycles. The van der Waals surface area contributed by atoms with E-state index in [1.807, 2.05) is 13.8 Å². The van der Waals surface area contributed by atoms with E-state index < -0.39 is 10.0 Å². The van der Waals surface area contributed by atoms with Gasteiger partial charge in [0, 0.05) is 49.9 Å². The van der Waals surface area contributed by atoms with E-state index in [1.54, 1.807) is 4.31 Å². The zero-order valence-electron chi connectivity index (χ0n) is 15.2. The lowest BCUT2D eigenvalue weighted by molar-refractivity contribution is 0.0917. The number of piperidine rings is 1. The van der Waals surface area contributed by atoms with Crippen LogP contribution in [0.15, 0.2) is 0 Å². The number of aromatic amines is 1. The number of halogens is 1. The number of rotatable bonds is 5. The minimum atomic E-state index is -3.19. The smallest absolute Gasteiger partial charge is 0.272 e. The standard InChI is InChI=1S/C16H27N5O3S.ClH/c1-11(2)10-25(23,24)21-7-4-12(5-8-21)18-16(22)15-13-9-17-6-3-14(13)19-20-15;/h11-12,17H,3-10H2,1-2H3,(H,18,22)(H,19,20);1H. The number of hydrogen-bond donors (Lipinski definition) is 3. The Morgan fingerprint density at radius 1 is 1.35 bits per heavy atom. The average Bonchev–Trinajstić information content (AvgIpc) is 2.98. The second-order valence-corrected chi connectivity index (χ2v) is 9.29. The monoisotopic (exact) mass is 405 g/mol. The maximum Gasteiger partial charge on any atom is 0.272 e. The zero-order valence-corrected chi connectivity index (χ0v) is 16.9. The molecule has 1 aromatic rings. The largest absolute Gasteiger partial charge is 0.348 e. The first-order valence-corrected chi connectivity index (χ1v) is 10.5. The number of nitrogens with zero attached hydrogens (tertiary/aromatic N) is 2. The lowest BCUT2D eigenvalue weighted by Gasteiger charge is -2.32. The summed E-state index contributed by atoms with van der Waals surface area (Å²) in [6.45, 7) is 6.27. The van der Waals surface area contributed by atoms with Crippen molar-refractivity contribution in [2.24, 2.45) is 5.92 Å². The number of H-pyrrole nitrogens is 1. The van der Waals surface area contributed by atoms with Gasteiger partial charge in [-0.3, -0.25) is 9.89 Å². The van der Waals surface area contributed by atoms with Gasteiger partial charge in [-0.15, -0.1) is 12.4 Å². The second-order valence-electron chi connectivity index (χ2n) is 7.28. The van der Waals surface area contributed by atoms with Gasteiger partial charge < -0.3 is 10.6 Å². The summed E-state index contributed by atoms with van der Waals surface area (Å²) in [7, 11) is -3.19. The molecule has 3 heterocycles. The van der Waals surface area contributed by atoms with Crippen LogP contribution in [0.3, 0.4) is 0 Å². The van der Waals surface area contributed by atoms with E-state index >= 15 is 0 Å². The van der Waals surface area contributed by atoms with Gasteiger partial charge in [-0.1, -0.05) is 13.8 Å². The second kappa shape index (κ2) is 8.69. The van der Waals surface area contributed by atoms with Gasteiger partial charge >= 0.3 is 0 Å². The molecular formula is C16H28ClN5O3S. The van der Waals surface area contributed by atoms with E-state index in [2.05, 4.69) is 20.8 Å². The summed E-state index contributed by atoms with van der Waals surface area (Å²) >= 11 is 0. The van der Waals surface area contributed by atoms with E-state index in [9.17, 15) is 13.2 Å². The van der Waals surface area contributed by atoms with Crippen molar-refractivity contribution in [2.75, 3.05) is 25.4 Å². The third-order valence-corrected chi connectivity index (χ3v) is 6.99. The van der Waals surface area contributed by atoms with Gasteiger partial charge in [0.15, 0.2) is 5.69 Å². The Hall–Kier alpha value is -1.16. The van der Waals surface area contributed by atoms with E-state index in [4.69, 9.17) is 0 Å². The highest BCUT2D eigenvalue weighted by Gasteiger charge is 2.30. The van der Waals surface area contributed by atoms with Crippen molar-refractivity contribution < 1.29 is 13.2 Å². The molecule has 0 spiro atoms. The summed E-state index contributed by atoms with van der Waals surface area (Å²) in [5.74, 6) is 0.114. The SMILES string of the molecule is CC(C)CS(=O)(=O)N1CCC(NC(=O)c2n[nH]c3c2CNCC3)CC1.Cl. The van der Waals surface area contributed by atoms with E-state index in [0.717, 1.165) is 24.2 Å². The van der Waals surface area contributed by atoms with Gasteiger partial charge in [-0.2, -0.15) is 5.10 Å². The zero-order chi connectivity index (χ0) is 18.0. The maximum atomic E-state index is 12.5. The van der Waals surface area contributed by atoms with Crippen LogP contribution >= 0.6 is 12.4 Å². The van der Waals surface area contributed by atoms with Gasteiger partial charge in [-0.05, 0) is 18.8 Å². The van der Waals surface area contributed by atoms with Crippen LogP contribution in [-0.2, 0) is 23.0 Å². The molecule has 1 amide bonds. The molecule has 0 bridgehead atoms. The molecule has 0 atom stereocenters. The molecule has 1 aromatic heterocycles. The van der Waals surface area contributed by atoms with E-state index in [1.165, 1.54) is 0 Å². The fraction of sp³-hybridized carbons (Fsp3) is 0.750. The molecule has 8 nitrogen and oxygen atoms in total. The molecule has 26 heavy (non-hydrogen) atoms. The van der Waals surface area contributed by atoms with Gasteiger partial charge in [0.2, 0.25) is 10.0 Å². The Morgan fingerprint density at radius 2 is 2.04 bits per heavy atom. The number of nitrogens with one attached hydrogen (secondary N) is 3. The highest BCUT2D eigenvalue weighted by atomic mass is 35.5. The first-order valence-electron chi connectivity index (χ1n) is 8.92. The summed E-state index contributed by atoms with van der Waals surface area (Å²) in [4.78, 5) is 12.5. The Morgan fingerprint density at radius 3 is 2.69 bits per heavy atom.